The van der Waals surface area contributed by atoms with Crippen LogP contribution < -0.4 is 5.32 Å². The molecule has 0 amide bonds. The van der Waals surface area contributed by atoms with E-state index in [4.69, 9.17) is 0 Å². The van der Waals surface area contributed by atoms with Crippen LogP contribution in [0, 0.1) is 17.0 Å². The smallest absolute Gasteiger partial charge is 0.275 e. The highest BCUT2D eigenvalue weighted by Gasteiger charge is 2.25. The van der Waals surface area contributed by atoms with E-state index in [0.29, 0.717) is 0 Å². The Balaban J connectivity index is 3.10. The van der Waals surface area contributed by atoms with E-state index in [1.165, 1.54) is 12.1 Å². The lowest BCUT2D eigenvalue weighted by Gasteiger charge is -2.18. The second kappa shape index (κ2) is 5.72. The van der Waals surface area contributed by atoms with Crippen LogP contribution in [0.15, 0.2) is 18.2 Å². The summed E-state index contributed by atoms with van der Waals surface area (Å²) in [5.74, 6) is 0. The number of nitrogens with one attached hydrogen (secondary N) is 1. The number of aliphatic hydroxyl groups excluding tert-OH is 2. The minimum absolute atomic E-state index is 0.137. The van der Waals surface area contributed by atoms with Gasteiger partial charge in [0.2, 0.25) is 0 Å². The molecular weight excluding hydrogens is 224 g/mol. The van der Waals surface area contributed by atoms with Crippen molar-refractivity contribution < 1.29 is 15.1 Å². The highest BCUT2D eigenvalue weighted by Crippen LogP contribution is 2.28. The third kappa shape index (κ3) is 3.23. The van der Waals surface area contributed by atoms with E-state index >= 15 is 0 Å². The zero-order valence-electron chi connectivity index (χ0n) is 9.75. The summed E-state index contributed by atoms with van der Waals surface area (Å²) in [6, 6.07) is 4.44. The summed E-state index contributed by atoms with van der Waals surface area (Å²) in [6.45, 7) is 1.93. The molecule has 1 aromatic carbocycles. The third-order valence-corrected chi connectivity index (χ3v) is 2.48. The number of nitro groups is 1. The van der Waals surface area contributed by atoms with Crippen LogP contribution in [-0.2, 0) is 0 Å². The Bertz CT molecular complexity index is 408. The molecule has 0 aliphatic heterocycles. The minimum Gasteiger partial charge on any atom is -0.389 e. The number of hydrogen-bond acceptors (Lipinski definition) is 5. The lowest BCUT2D eigenvalue weighted by atomic mass is 10.0. The maximum absolute atomic E-state index is 10.8. The maximum atomic E-state index is 10.8. The van der Waals surface area contributed by atoms with Crippen molar-refractivity contribution in [3.63, 3.8) is 0 Å². The Hall–Kier alpha value is -1.50. The standard InChI is InChI=1S/C11H16N2O4/c1-7-3-4-9(13(16)17)8(5-7)11(15)10(14)6-12-2/h3-5,10-12,14-15H,6H2,1-2H3. The molecule has 17 heavy (non-hydrogen) atoms. The summed E-state index contributed by atoms with van der Waals surface area (Å²) in [4.78, 5) is 10.2. The second-order valence-electron chi connectivity index (χ2n) is 3.89. The molecule has 0 aromatic heterocycles. The van der Waals surface area contributed by atoms with Crippen LogP contribution in [0.4, 0.5) is 5.69 Å². The molecule has 0 saturated heterocycles. The van der Waals surface area contributed by atoms with E-state index in [9.17, 15) is 20.3 Å². The van der Waals surface area contributed by atoms with Crippen LogP contribution in [0.25, 0.3) is 0 Å². The molecule has 1 aromatic rings. The van der Waals surface area contributed by atoms with Gasteiger partial charge in [0.15, 0.2) is 0 Å². The van der Waals surface area contributed by atoms with Gasteiger partial charge in [0.05, 0.1) is 16.6 Å². The third-order valence-electron chi connectivity index (χ3n) is 2.48. The first-order valence-electron chi connectivity index (χ1n) is 5.23. The van der Waals surface area contributed by atoms with Gasteiger partial charge in [-0.25, -0.2) is 0 Å². The number of rotatable bonds is 5. The molecule has 0 fully saturated rings. The van der Waals surface area contributed by atoms with Gasteiger partial charge in [-0.2, -0.15) is 0 Å². The summed E-state index contributed by atoms with van der Waals surface area (Å²) in [7, 11) is 1.63. The summed E-state index contributed by atoms with van der Waals surface area (Å²) >= 11 is 0. The fourth-order valence-corrected chi connectivity index (χ4v) is 1.61. The molecule has 0 radical (unpaired) electrons. The first-order valence-corrected chi connectivity index (χ1v) is 5.23. The number of nitrogens with zero attached hydrogens (tertiary/aromatic N) is 1. The van der Waals surface area contributed by atoms with Gasteiger partial charge >= 0.3 is 0 Å². The molecule has 0 aliphatic carbocycles. The zero-order chi connectivity index (χ0) is 13.0. The zero-order valence-corrected chi connectivity index (χ0v) is 9.75. The predicted molar refractivity (Wildman–Crippen MR) is 62.7 cm³/mol. The molecule has 6 nitrogen and oxygen atoms in total. The molecule has 3 N–H and O–H groups in total. The number of benzene rings is 1. The molecule has 0 spiro atoms. The van der Waals surface area contributed by atoms with Gasteiger partial charge in [-0.15, -0.1) is 0 Å². The van der Waals surface area contributed by atoms with Gasteiger partial charge in [0.1, 0.15) is 6.10 Å². The van der Waals surface area contributed by atoms with Crippen molar-refractivity contribution in [2.45, 2.75) is 19.1 Å². The maximum Gasteiger partial charge on any atom is 0.275 e. The van der Waals surface area contributed by atoms with Crippen molar-refractivity contribution in [1.29, 1.82) is 0 Å². The molecule has 0 heterocycles. The molecule has 1 rings (SSSR count). The number of likely N-dealkylation sites (N-methyl/N-ethyl adjacent to an activating group) is 1. The van der Waals surface area contributed by atoms with Crippen LogP contribution in [0.5, 0.6) is 0 Å². The first kappa shape index (κ1) is 13.6. The normalized spacial score (nSPS) is 14.4. The lowest BCUT2D eigenvalue weighted by Crippen LogP contribution is -2.30. The first-order chi connectivity index (χ1) is 7.97. The van der Waals surface area contributed by atoms with Gasteiger partial charge in [0.25, 0.3) is 5.69 Å². The Morgan fingerprint density at radius 1 is 1.47 bits per heavy atom. The fraction of sp³-hybridized carbons (Fsp3) is 0.455. The van der Waals surface area contributed by atoms with E-state index in [1.54, 1.807) is 20.0 Å². The Kier molecular flexibility index (Phi) is 4.56. The molecule has 0 aliphatic rings. The molecule has 0 saturated carbocycles. The molecule has 2 atom stereocenters. The van der Waals surface area contributed by atoms with Gasteiger partial charge in [-0.3, -0.25) is 10.1 Å². The fourth-order valence-electron chi connectivity index (χ4n) is 1.61. The van der Waals surface area contributed by atoms with Crippen LogP contribution in [0.1, 0.15) is 17.2 Å². The minimum atomic E-state index is -1.28. The van der Waals surface area contributed by atoms with Gasteiger partial charge in [0, 0.05) is 12.6 Å². The summed E-state index contributed by atoms with van der Waals surface area (Å²) in [6.07, 6.45) is -2.36. The summed E-state index contributed by atoms with van der Waals surface area (Å²) in [5.41, 5.74) is 0.748. The highest BCUT2D eigenvalue weighted by atomic mass is 16.6. The average molecular weight is 240 g/mol. The number of hydrogen-bond donors (Lipinski definition) is 3. The van der Waals surface area contributed by atoms with Crippen LogP contribution in [-0.4, -0.2) is 34.8 Å². The Morgan fingerprint density at radius 3 is 2.65 bits per heavy atom. The van der Waals surface area contributed by atoms with Crippen molar-refractivity contribution in [2.75, 3.05) is 13.6 Å². The van der Waals surface area contributed by atoms with Crippen LogP contribution in [0.3, 0.4) is 0 Å². The van der Waals surface area contributed by atoms with E-state index in [-0.39, 0.29) is 17.8 Å². The number of nitro benzene ring substituents is 1. The quantitative estimate of drug-likeness (QED) is 0.515. The van der Waals surface area contributed by atoms with Crippen LogP contribution in [0.2, 0.25) is 0 Å². The van der Waals surface area contributed by atoms with E-state index < -0.39 is 17.1 Å². The van der Waals surface area contributed by atoms with E-state index in [0.717, 1.165) is 5.56 Å². The van der Waals surface area contributed by atoms with Crippen LogP contribution >= 0.6 is 0 Å². The van der Waals surface area contributed by atoms with Gasteiger partial charge in [-0.1, -0.05) is 11.6 Å². The Morgan fingerprint density at radius 2 is 2.12 bits per heavy atom. The van der Waals surface area contributed by atoms with E-state index in [2.05, 4.69) is 5.32 Å². The molecular formula is C11H16N2O4. The molecule has 94 valence electrons. The molecule has 0 bridgehead atoms. The van der Waals surface area contributed by atoms with E-state index in [1.807, 2.05) is 0 Å². The summed E-state index contributed by atoms with van der Waals surface area (Å²) in [5, 5.41) is 33.0. The lowest BCUT2D eigenvalue weighted by molar-refractivity contribution is -0.386. The molecule has 2 unspecified atom stereocenters. The predicted octanol–water partition coefficient (Wildman–Crippen LogP) is 0.517. The van der Waals surface area contributed by atoms with Crippen molar-refractivity contribution in [3.05, 3.63) is 39.4 Å². The van der Waals surface area contributed by atoms with Crippen molar-refractivity contribution >= 4 is 5.69 Å². The largest absolute Gasteiger partial charge is 0.389 e. The van der Waals surface area contributed by atoms with Gasteiger partial charge < -0.3 is 15.5 Å². The average Bonchev–Trinajstić information content (AvgIpc) is 2.27. The van der Waals surface area contributed by atoms with Crippen molar-refractivity contribution in [2.24, 2.45) is 0 Å². The highest BCUT2D eigenvalue weighted by molar-refractivity contribution is 5.44. The number of aryl methyl sites for hydroxylation is 1. The van der Waals surface area contributed by atoms with Crippen molar-refractivity contribution in [3.8, 4) is 0 Å². The number of aliphatic hydroxyl groups is 2. The topological polar surface area (TPSA) is 95.6 Å². The monoisotopic (exact) mass is 240 g/mol. The van der Waals surface area contributed by atoms with Crippen molar-refractivity contribution in [1.82, 2.24) is 5.32 Å². The summed E-state index contributed by atoms with van der Waals surface area (Å²) < 4.78 is 0. The SMILES string of the molecule is CNCC(O)C(O)c1cc(C)ccc1[N+](=O)[O-]. The second-order valence-corrected chi connectivity index (χ2v) is 3.89. The molecule has 6 heteroatoms. The Labute approximate surface area is 99.0 Å². The van der Waals surface area contributed by atoms with Gasteiger partial charge in [-0.05, 0) is 20.0 Å².